The number of carbonyl (C=O) groups is 2. The Morgan fingerprint density at radius 1 is 0.793 bits per heavy atom. The summed E-state index contributed by atoms with van der Waals surface area (Å²) in [5.41, 5.74) is 4.48. The highest BCUT2D eigenvalue weighted by Crippen LogP contribution is 2.59. The van der Waals surface area contributed by atoms with Crippen molar-refractivity contribution in [2.24, 2.45) is 10.8 Å². The molecule has 9 nitrogen and oxygen atoms in total. The van der Waals surface area contributed by atoms with Gasteiger partial charge in [-0.3, -0.25) is 19.4 Å². The first-order valence-corrected chi connectivity index (χ1v) is 20.4. The Kier molecular flexibility index (Phi) is 7.66. The van der Waals surface area contributed by atoms with Crippen molar-refractivity contribution in [2.75, 3.05) is 10.6 Å². The summed E-state index contributed by atoms with van der Waals surface area (Å²) in [5.74, 6) is 1.64. The molecule has 2 aliphatic heterocycles. The fraction of sp³-hybridized carbons (Fsp3) is 0.457. The SMILES string of the molecule is CC1(C)CC(=O)C2=C(C1)Nc1nn(CC3(C)CC(=O)C4=C(C3)Nc3n[nH]c(C5CC5)c3[C@@]4(C)c3cccc(C(F)(F)F)c3)c(C3CC3)c1[C@]2(C)c1cccc(C#N)c1. The molecule has 58 heavy (non-hydrogen) atoms. The third-order valence-corrected chi connectivity index (χ3v) is 13.8. The molecule has 2 aromatic heterocycles. The number of Topliss-reactive ketones (excluding diaryl/α,β-unsaturated/α-hetero) is 2. The maximum absolute atomic E-state index is 14.9. The second-order valence-electron chi connectivity index (χ2n) is 19.2. The van der Waals surface area contributed by atoms with Crippen molar-refractivity contribution in [2.45, 2.75) is 121 Å². The van der Waals surface area contributed by atoms with E-state index in [0.29, 0.717) is 59.8 Å². The molecule has 3 N–H and O–H groups in total. The average molecular weight is 786 g/mol. The Balaban J connectivity index is 1.09. The number of nitriles is 1. The molecule has 2 aromatic carbocycles. The van der Waals surface area contributed by atoms with E-state index in [1.165, 1.54) is 12.1 Å². The lowest BCUT2D eigenvalue weighted by molar-refractivity contribution is -0.137. The minimum absolute atomic E-state index is 0.0860. The number of carbonyl (C=O) groups excluding carboxylic acids is 2. The van der Waals surface area contributed by atoms with Gasteiger partial charge in [-0.05, 0) is 92.5 Å². The standard InChI is InChI=1S/C46H46F3N7O2/c1-42(2)18-30-34(32(57)20-42)45(5,27-9-6-8-24(16-27)22-50)37-39(26-14-15-26)56(55-41(37)52-30)23-43(3)19-31-35(33(58)21-43)44(4,28-10-7-11-29(17-28)46(47,48)49)36-38(25-12-13-25)53-54-40(36)51-31/h6-11,16-17,25-26H,12-15,18-21,23H2,1-5H3,(H,52,55)(H2,51,53,54)/t43?,44-,45+/m0/s1. The molecule has 0 saturated heterocycles. The number of benzene rings is 2. The van der Waals surface area contributed by atoms with Crippen molar-refractivity contribution in [3.8, 4) is 6.07 Å². The molecule has 298 valence electrons. The summed E-state index contributed by atoms with van der Waals surface area (Å²) < 4.78 is 44.6. The van der Waals surface area contributed by atoms with Gasteiger partial charge in [-0.25, -0.2) is 0 Å². The number of halogens is 3. The number of ketones is 2. The van der Waals surface area contributed by atoms with Gasteiger partial charge in [0.15, 0.2) is 23.2 Å². The van der Waals surface area contributed by atoms with Crippen LogP contribution in [0.4, 0.5) is 24.8 Å². The summed E-state index contributed by atoms with van der Waals surface area (Å²) in [6, 6.07) is 15.2. The number of alkyl halides is 3. The van der Waals surface area contributed by atoms with E-state index in [9.17, 15) is 28.0 Å². The van der Waals surface area contributed by atoms with Gasteiger partial charge in [0.2, 0.25) is 0 Å². The number of allylic oxidation sites excluding steroid dienone is 4. The lowest BCUT2D eigenvalue weighted by Gasteiger charge is -2.45. The van der Waals surface area contributed by atoms with Crippen LogP contribution < -0.4 is 10.6 Å². The van der Waals surface area contributed by atoms with Gasteiger partial charge in [-0.1, -0.05) is 51.1 Å². The Bertz CT molecular complexity index is 2600. The number of hydrogen-bond donors (Lipinski definition) is 3. The second-order valence-corrected chi connectivity index (χ2v) is 19.2. The maximum Gasteiger partial charge on any atom is 0.416 e. The third kappa shape index (κ3) is 5.48. The van der Waals surface area contributed by atoms with Gasteiger partial charge in [-0.2, -0.15) is 28.6 Å². The van der Waals surface area contributed by atoms with E-state index in [0.717, 1.165) is 71.1 Å². The molecule has 6 aliphatic rings. The zero-order chi connectivity index (χ0) is 40.7. The van der Waals surface area contributed by atoms with E-state index in [4.69, 9.17) is 5.10 Å². The third-order valence-electron chi connectivity index (χ3n) is 13.8. The monoisotopic (exact) mass is 785 g/mol. The molecule has 4 heterocycles. The van der Waals surface area contributed by atoms with E-state index >= 15 is 0 Å². The molecule has 10 rings (SSSR count). The quantitative estimate of drug-likeness (QED) is 0.178. The van der Waals surface area contributed by atoms with E-state index in [1.54, 1.807) is 12.1 Å². The van der Waals surface area contributed by atoms with Crippen LogP contribution in [0.15, 0.2) is 71.1 Å². The van der Waals surface area contributed by atoms with Crippen molar-refractivity contribution in [1.82, 2.24) is 20.0 Å². The highest BCUT2D eigenvalue weighted by atomic mass is 19.4. The Hall–Kier alpha value is -5.44. The van der Waals surface area contributed by atoms with Crippen molar-refractivity contribution >= 4 is 23.2 Å². The summed E-state index contributed by atoms with van der Waals surface area (Å²) in [6.07, 6.45) is 0.969. The van der Waals surface area contributed by atoms with Gasteiger partial charge in [0.05, 0.1) is 28.0 Å². The van der Waals surface area contributed by atoms with Gasteiger partial charge in [0.25, 0.3) is 0 Å². The predicted octanol–water partition coefficient (Wildman–Crippen LogP) is 9.68. The topological polar surface area (TPSA) is 128 Å². The molecule has 4 aromatic rings. The first-order valence-electron chi connectivity index (χ1n) is 20.4. The minimum atomic E-state index is -4.55. The van der Waals surface area contributed by atoms with Crippen LogP contribution in [0.25, 0.3) is 0 Å². The first kappa shape index (κ1) is 36.9. The molecule has 3 atom stereocenters. The van der Waals surface area contributed by atoms with E-state index in [1.807, 2.05) is 25.1 Å². The maximum atomic E-state index is 14.9. The smallest absolute Gasteiger partial charge is 0.342 e. The van der Waals surface area contributed by atoms with E-state index < -0.39 is 28.0 Å². The molecule has 0 radical (unpaired) electrons. The van der Waals surface area contributed by atoms with Crippen LogP contribution in [-0.4, -0.2) is 31.5 Å². The molecular weight excluding hydrogens is 740 g/mol. The van der Waals surface area contributed by atoms with Crippen LogP contribution >= 0.6 is 0 Å². The average Bonchev–Trinajstić information content (AvgIpc) is 4.09. The van der Waals surface area contributed by atoms with Crippen molar-refractivity contribution < 1.29 is 22.8 Å². The molecule has 4 aliphatic carbocycles. The van der Waals surface area contributed by atoms with Gasteiger partial charge >= 0.3 is 6.18 Å². The zero-order valence-electron chi connectivity index (χ0n) is 33.4. The predicted molar refractivity (Wildman–Crippen MR) is 212 cm³/mol. The van der Waals surface area contributed by atoms with Crippen LogP contribution in [0.2, 0.25) is 0 Å². The molecule has 0 amide bonds. The summed E-state index contributed by atoms with van der Waals surface area (Å²) in [4.78, 5) is 29.2. The fourth-order valence-corrected chi connectivity index (χ4v) is 11.0. The number of anilines is 2. The summed E-state index contributed by atoms with van der Waals surface area (Å²) in [5, 5.41) is 30.3. The molecular formula is C46H46F3N7O2. The fourth-order valence-electron chi connectivity index (χ4n) is 11.0. The normalized spacial score (nSPS) is 27.6. The Morgan fingerprint density at radius 2 is 1.41 bits per heavy atom. The van der Waals surface area contributed by atoms with Crippen LogP contribution in [0, 0.1) is 22.2 Å². The van der Waals surface area contributed by atoms with E-state index in [-0.39, 0.29) is 35.2 Å². The van der Waals surface area contributed by atoms with Crippen molar-refractivity contribution in [1.29, 1.82) is 5.26 Å². The van der Waals surface area contributed by atoms with Crippen LogP contribution in [-0.2, 0) is 33.1 Å². The van der Waals surface area contributed by atoms with Crippen LogP contribution in [0.3, 0.4) is 0 Å². The lowest BCUT2D eigenvalue weighted by Crippen LogP contribution is -2.44. The molecule has 2 fully saturated rings. The highest BCUT2D eigenvalue weighted by Gasteiger charge is 2.55. The molecule has 0 spiro atoms. The molecule has 2 saturated carbocycles. The van der Waals surface area contributed by atoms with Gasteiger partial charge in [-0.15, -0.1) is 0 Å². The Morgan fingerprint density at radius 3 is 2.09 bits per heavy atom. The van der Waals surface area contributed by atoms with Crippen LogP contribution in [0.5, 0.6) is 0 Å². The summed E-state index contributed by atoms with van der Waals surface area (Å²) in [6.45, 7) is 10.7. The largest absolute Gasteiger partial charge is 0.416 e. The Labute approximate surface area is 335 Å². The van der Waals surface area contributed by atoms with Gasteiger partial charge in [0, 0.05) is 76.3 Å². The zero-order valence-corrected chi connectivity index (χ0v) is 33.4. The summed E-state index contributed by atoms with van der Waals surface area (Å²) in [7, 11) is 0. The number of aromatic nitrogens is 4. The van der Waals surface area contributed by atoms with Crippen LogP contribution in [0.1, 0.15) is 143 Å². The van der Waals surface area contributed by atoms with Gasteiger partial charge < -0.3 is 10.6 Å². The lowest BCUT2D eigenvalue weighted by atomic mass is 9.61. The van der Waals surface area contributed by atoms with Crippen molar-refractivity contribution in [3.63, 3.8) is 0 Å². The first-order chi connectivity index (χ1) is 27.4. The number of fused-ring (bicyclic) bond motifs is 2. The number of nitrogens with one attached hydrogen (secondary N) is 3. The molecule has 0 bridgehead atoms. The number of hydrogen-bond acceptors (Lipinski definition) is 7. The molecule has 1 unspecified atom stereocenters. The van der Waals surface area contributed by atoms with E-state index in [2.05, 4.69) is 59.3 Å². The highest BCUT2D eigenvalue weighted by molar-refractivity contribution is 6.04. The summed E-state index contributed by atoms with van der Waals surface area (Å²) >= 11 is 0. The number of nitrogens with zero attached hydrogens (tertiary/aromatic N) is 4. The van der Waals surface area contributed by atoms with Gasteiger partial charge in [0.1, 0.15) is 0 Å². The minimum Gasteiger partial charge on any atom is -0.342 e. The number of aromatic amines is 1. The molecule has 12 heteroatoms. The number of H-pyrrole nitrogens is 1. The second kappa shape index (κ2) is 12.1. The van der Waals surface area contributed by atoms with Crippen molar-refractivity contribution in [3.05, 3.63) is 116 Å². The number of rotatable bonds is 6.